The van der Waals surface area contributed by atoms with Gasteiger partial charge in [0.2, 0.25) is 5.91 Å². The minimum Gasteiger partial charge on any atom is -0.376 e. The zero-order chi connectivity index (χ0) is 16.4. The first kappa shape index (κ1) is 15.7. The van der Waals surface area contributed by atoms with Gasteiger partial charge in [-0.2, -0.15) is 5.10 Å². The molecule has 6 nitrogen and oxygen atoms in total. The quantitative estimate of drug-likeness (QED) is 0.925. The number of hydrogen-bond donors (Lipinski definition) is 1. The molecule has 0 aliphatic carbocycles. The van der Waals surface area contributed by atoms with Crippen molar-refractivity contribution in [2.75, 3.05) is 6.61 Å². The highest BCUT2D eigenvalue weighted by atomic mass is 16.5. The lowest BCUT2D eigenvalue weighted by atomic mass is 10.1. The van der Waals surface area contributed by atoms with Gasteiger partial charge in [-0.05, 0) is 32.8 Å². The summed E-state index contributed by atoms with van der Waals surface area (Å²) in [5, 5.41) is 8.56. The van der Waals surface area contributed by atoms with E-state index in [1.54, 1.807) is 6.07 Å². The maximum Gasteiger partial charge on any atom is 0.275 e. The van der Waals surface area contributed by atoms with Gasteiger partial charge in [0.05, 0.1) is 23.2 Å². The average molecular weight is 315 g/mol. The van der Waals surface area contributed by atoms with E-state index in [2.05, 4.69) is 10.4 Å². The Bertz CT molecular complexity index is 778. The normalized spacial score (nSPS) is 19.0. The number of nitrogens with zero attached hydrogens (tertiary/aromatic N) is 2. The number of ether oxygens (including phenoxy) is 1. The summed E-state index contributed by atoms with van der Waals surface area (Å²) in [7, 11) is 0. The van der Waals surface area contributed by atoms with Crippen LogP contribution in [0.15, 0.2) is 29.1 Å². The lowest BCUT2D eigenvalue weighted by Crippen LogP contribution is -2.43. The lowest BCUT2D eigenvalue weighted by Gasteiger charge is -2.20. The molecule has 0 saturated carbocycles. The van der Waals surface area contributed by atoms with Crippen LogP contribution in [0.4, 0.5) is 0 Å². The van der Waals surface area contributed by atoms with E-state index in [0.717, 1.165) is 30.5 Å². The van der Waals surface area contributed by atoms with E-state index < -0.39 is 0 Å². The molecule has 1 amide bonds. The van der Waals surface area contributed by atoms with Crippen LogP contribution in [-0.4, -0.2) is 34.4 Å². The van der Waals surface area contributed by atoms with Crippen molar-refractivity contribution < 1.29 is 9.53 Å². The number of nitrogens with one attached hydrogen (secondary N) is 1. The van der Waals surface area contributed by atoms with Gasteiger partial charge < -0.3 is 10.1 Å². The Morgan fingerprint density at radius 2 is 2.17 bits per heavy atom. The minimum absolute atomic E-state index is 0.0574. The van der Waals surface area contributed by atoms with Gasteiger partial charge in [-0.1, -0.05) is 18.2 Å². The Morgan fingerprint density at radius 3 is 2.87 bits per heavy atom. The van der Waals surface area contributed by atoms with Crippen LogP contribution in [-0.2, 0) is 16.1 Å². The molecule has 1 saturated heterocycles. The minimum atomic E-state index is -0.244. The fourth-order valence-corrected chi connectivity index (χ4v) is 3.04. The van der Waals surface area contributed by atoms with Crippen molar-refractivity contribution in [2.24, 2.45) is 0 Å². The Hall–Kier alpha value is -2.21. The molecule has 2 atom stereocenters. The van der Waals surface area contributed by atoms with Crippen LogP contribution in [0.25, 0.3) is 10.8 Å². The molecule has 2 heterocycles. The van der Waals surface area contributed by atoms with E-state index in [1.807, 2.05) is 32.0 Å². The third-order valence-corrected chi connectivity index (χ3v) is 4.26. The number of aryl methyl sites for hydroxylation is 1. The first-order valence-corrected chi connectivity index (χ1v) is 7.93. The summed E-state index contributed by atoms with van der Waals surface area (Å²) < 4.78 is 6.80. The second-order valence-corrected chi connectivity index (χ2v) is 6.00. The molecule has 6 heteroatoms. The lowest BCUT2D eigenvalue weighted by molar-refractivity contribution is -0.123. The second kappa shape index (κ2) is 6.50. The summed E-state index contributed by atoms with van der Waals surface area (Å²) in [6.45, 7) is 4.43. The SMILES string of the molecule is Cc1nn(CC(=O)N[C@H](C)[C@@H]2CCCO2)c(=O)c2ccccc12. The molecule has 23 heavy (non-hydrogen) atoms. The molecule has 2 aromatic rings. The van der Waals surface area contributed by atoms with Gasteiger partial charge in [0.25, 0.3) is 5.56 Å². The predicted molar refractivity (Wildman–Crippen MR) is 87.3 cm³/mol. The van der Waals surface area contributed by atoms with Crippen LogP contribution in [0.3, 0.4) is 0 Å². The Morgan fingerprint density at radius 1 is 1.43 bits per heavy atom. The van der Waals surface area contributed by atoms with E-state index in [9.17, 15) is 9.59 Å². The van der Waals surface area contributed by atoms with E-state index in [1.165, 1.54) is 4.68 Å². The number of rotatable bonds is 4. The number of benzene rings is 1. The maximum absolute atomic E-state index is 12.5. The van der Waals surface area contributed by atoms with Crippen molar-refractivity contribution in [3.8, 4) is 0 Å². The van der Waals surface area contributed by atoms with E-state index in [-0.39, 0.29) is 30.2 Å². The number of aromatic nitrogens is 2. The standard InChI is InChI=1S/C17H21N3O3/c1-11-13-6-3-4-7-14(13)17(22)20(19-11)10-16(21)18-12(2)15-8-5-9-23-15/h3-4,6-7,12,15H,5,8-10H2,1-2H3,(H,18,21)/t12-,15+/m1/s1. The first-order valence-electron chi connectivity index (χ1n) is 7.93. The van der Waals surface area contributed by atoms with Crippen molar-refractivity contribution in [3.63, 3.8) is 0 Å². The monoisotopic (exact) mass is 315 g/mol. The highest BCUT2D eigenvalue weighted by molar-refractivity contribution is 5.83. The molecule has 0 unspecified atom stereocenters. The molecular weight excluding hydrogens is 294 g/mol. The zero-order valence-corrected chi connectivity index (χ0v) is 13.4. The smallest absolute Gasteiger partial charge is 0.275 e. The fourth-order valence-electron chi connectivity index (χ4n) is 3.04. The van der Waals surface area contributed by atoms with Crippen LogP contribution >= 0.6 is 0 Å². The van der Waals surface area contributed by atoms with Crippen LogP contribution in [0, 0.1) is 6.92 Å². The van der Waals surface area contributed by atoms with Crippen molar-refractivity contribution in [1.82, 2.24) is 15.1 Å². The topological polar surface area (TPSA) is 73.2 Å². The van der Waals surface area contributed by atoms with Gasteiger partial charge in [0, 0.05) is 12.0 Å². The van der Waals surface area contributed by atoms with Gasteiger partial charge in [0.1, 0.15) is 6.54 Å². The summed E-state index contributed by atoms with van der Waals surface area (Å²) in [5.74, 6) is -0.225. The van der Waals surface area contributed by atoms with Crippen molar-refractivity contribution in [1.29, 1.82) is 0 Å². The van der Waals surface area contributed by atoms with E-state index in [0.29, 0.717) is 5.39 Å². The molecule has 0 bridgehead atoms. The van der Waals surface area contributed by atoms with E-state index in [4.69, 9.17) is 4.74 Å². The van der Waals surface area contributed by atoms with Crippen LogP contribution in [0.1, 0.15) is 25.5 Å². The number of hydrogen-bond acceptors (Lipinski definition) is 4. The maximum atomic E-state index is 12.5. The Kier molecular flexibility index (Phi) is 4.43. The summed E-state index contributed by atoms with van der Waals surface area (Å²) in [6.07, 6.45) is 2.03. The second-order valence-electron chi connectivity index (χ2n) is 6.00. The molecule has 1 aromatic heterocycles. The predicted octanol–water partition coefficient (Wildman–Crippen LogP) is 1.39. The first-order chi connectivity index (χ1) is 11.1. The number of carbonyl (C=O) groups excluding carboxylic acids is 1. The van der Waals surface area contributed by atoms with Crippen LogP contribution < -0.4 is 10.9 Å². The fraction of sp³-hybridized carbons (Fsp3) is 0.471. The third-order valence-electron chi connectivity index (χ3n) is 4.26. The van der Waals surface area contributed by atoms with Gasteiger partial charge in [-0.3, -0.25) is 9.59 Å². The van der Waals surface area contributed by atoms with Crippen LogP contribution in [0.2, 0.25) is 0 Å². The molecule has 3 rings (SSSR count). The third kappa shape index (κ3) is 3.27. The van der Waals surface area contributed by atoms with Crippen molar-refractivity contribution in [3.05, 3.63) is 40.3 Å². The molecule has 1 aliphatic heterocycles. The van der Waals surface area contributed by atoms with Gasteiger partial charge in [-0.25, -0.2) is 4.68 Å². The molecule has 1 fully saturated rings. The molecule has 1 N–H and O–H groups in total. The zero-order valence-electron chi connectivity index (χ0n) is 13.4. The Balaban J connectivity index is 1.77. The van der Waals surface area contributed by atoms with Gasteiger partial charge in [-0.15, -0.1) is 0 Å². The van der Waals surface area contributed by atoms with Gasteiger partial charge in [0.15, 0.2) is 0 Å². The van der Waals surface area contributed by atoms with Crippen LogP contribution in [0.5, 0.6) is 0 Å². The molecule has 0 spiro atoms. The number of carbonyl (C=O) groups is 1. The highest BCUT2D eigenvalue weighted by Gasteiger charge is 2.24. The van der Waals surface area contributed by atoms with E-state index >= 15 is 0 Å². The van der Waals surface area contributed by atoms with Gasteiger partial charge >= 0.3 is 0 Å². The Labute approximate surface area is 134 Å². The average Bonchev–Trinajstić information content (AvgIpc) is 3.07. The summed E-state index contributed by atoms with van der Waals surface area (Å²) >= 11 is 0. The number of fused-ring (bicyclic) bond motifs is 1. The largest absolute Gasteiger partial charge is 0.376 e. The van der Waals surface area contributed by atoms with Crippen molar-refractivity contribution >= 4 is 16.7 Å². The molecule has 1 aromatic carbocycles. The molecule has 1 aliphatic rings. The highest BCUT2D eigenvalue weighted by Crippen LogP contribution is 2.15. The molecule has 0 radical (unpaired) electrons. The molecular formula is C17H21N3O3. The van der Waals surface area contributed by atoms with Crippen molar-refractivity contribution in [2.45, 2.75) is 45.4 Å². The summed E-state index contributed by atoms with van der Waals surface area (Å²) in [4.78, 5) is 24.7. The summed E-state index contributed by atoms with van der Waals surface area (Å²) in [5.41, 5.74) is 0.492. The molecule has 122 valence electrons. The number of amides is 1. The summed E-state index contributed by atoms with van der Waals surface area (Å²) in [6, 6.07) is 7.24.